The third-order valence-corrected chi connectivity index (χ3v) is 5.52. The molecule has 3 aromatic heterocycles. The van der Waals surface area contributed by atoms with Gasteiger partial charge < -0.3 is 10.6 Å². The molecule has 0 aliphatic heterocycles. The molecule has 1 fully saturated rings. The van der Waals surface area contributed by atoms with Crippen molar-refractivity contribution in [1.82, 2.24) is 14.5 Å². The standard InChI is InChI=1S/C26H21N5O2/c1-27-25-22-16-28-23(30-26(33)18-9-10-18)14-21(22)19(15-29-25)8-5-17-6-11-20(12-7-17)31-13-3-2-4-24(31)32/h2-4,6-7,11-16,18H,9-10H2,1H3,(H,27,29)(H,28,30,33). The summed E-state index contributed by atoms with van der Waals surface area (Å²) in [5.41, 5.74) is 2.23. The van der Waals surface area contributed by atoms with Crippen LogP contribution in [-0.4, -0.2) is 27.5 Å². The number of carbonyl (C=O) groups is 1. The number of benzene rings is 1. The molecule has 3 heterocycles. The number of fused-ring (bicyclic) bond motifs is 1. The largest absolute Gasteiger partial charge is 0.373 e. The lowest BCUT2D eigenvalue weighted by Gasteiger charge is -2.09. The van der Waals surface area contributed by atoms with E-state index in [2.05, 4.69) is 32.4 Å². The van der Waals surface area contributed by atoms with Crippen LogP contribution in [0.1, 0.15) is 24.0 Å². The van der Waals surface area contributed by atoms with Gasteiger partial charge in [-0.1, -0.05) is 17.9 Å². The van der Waals surface area contributed by atoms with Crippen molar-refractivity contribution in [1.29, 1.82) is 0 Å². The zero-order chi connectivity index (χ0) is 22.8. The normalized spacial score (nSPS) is 12.6. The van der Waals surface area contributed by atoms with E-state index >= 15 is 0 Å². The number of aromatic nitrogens is 3. The second-order valence-corrected chi connectivity index (χ2v) is 7.85. The minimum Gasteiger partial charge on any atom is -0.373 e. The first-order chi connectivity index (χ1) is 16.1. The molecule has 1 aliphatic rings. The van der Waals surface area contributed by atoms with Crippen LogP contribution in [0.25, 0.3) is 16.5 Å². The number of carbonyl (C=O) groups excluding carboxylic acids is 1. The fourth-order valence-corrected chi connectivity index (χ4v) is 3.56. The zero-order valence-corrected chi connectivity index (χ0v) is 18.0. The number of anilines is 2. The van der Waals surface area contributed by atoms with Crippen LogP contribution in [0.15, 0.2) is 71.9 Å². The van der Waals surface area contributed by atoms with Crippen molar-refractivity contribution in [3.63, 3.8) is 0 Å². The molecule has 7 heteroatoms. The van der Waals surface area contributed by atoms with Gasteiger partial charge >= 0.3 is 0 Å². The first-order valence-electron chi connectivity index (χ1n) is 10.7. The second-order valence-electron chi connectivity index (χ2n) is 7.85. The van der Waals surface area contributed by atoms with Crippen molar-refractivity contribution in [3.05, 3.63) is 88.6 Å². The molecule has 1 aromatic carbocycles. The highest BCUT2D eigenvalue weighted by molar-refractivity contribution is 5.99. The molecule has 0 spiro atoms. The smallest absolute Gasteiger partial charge is 0.255 e. The lowest BCUT2D eigenvalue weighted by atomic mass is 10.1. The van der Waals surface area contributed by atoms with E-state index in [9.17, 15) is 9.59 Å². The highest BCUT2D eigenvalue weighted by atomic mass is 16.2. The van der Waals surface area contributed by atoms with E-state index in [1.54, 1.807) is 36.3 Å². The van der Waals surface area contributed by atoms with Crippen molar-refractivity contribution >= 4 is 28.3 Å². The van der Waals surface area contributed by atoms with Gasteiger partial charge in [-0.3, -0.25) is 14.2 Å². The molecule has 33 heavy (non-hydrogen) atoms. The topological polar surface area (TPSA) is 88.9 Å². The van der Waals surface area contributed by atoms with Gasteiger partial charge in [0.1, 0.15) is 11.6 Å². The molecule has 0 atom stereocenters. The SMILES string of the molecule is CNc1ncc(C#Cc2ccc(-n3ccccc3=O)cc2)c2cc(NC(=O)C3CC3)ncc12. The summed E-state index contributed by atoms with van der Waals surface area (Å²) in [7, 11) is 1.80. The molecule has 0 unspecified atom stereocenters. The van der Waals surface area contributed by atoms with Gasteiger partial charge in [-0.25, -0.2) is 9.97 Å². The molecule has 2 N–H and O–H groups in total. The van der Waals surface area contributed by atoms with Gasteiger partial charge in [0.25, 0.3) is 5.56 Å². The summed E-state index contributed by atoms with van der Waals surface area (Å²) in [6, 6.07) is 14.4. The lowest BCUT2D eigenvalue weighted by molar-refractivity contribution is -0.117. The van der Waals surface area contributed by atoms with Crippen molar-refractivity contribution in [3.8, 4) is 17.5 Å². The van der Waals surface area contributed by atoms with Gasteiger partial charge in [-0.15, -0.1) is 0 Å². The van der Waals surface area contributed by atoms with Crippen molar-refractivity contribution < 1.29 is 4.79 Å². The third kappa shape index (κ3) is 4.32. The number of nitrogens with one attached hydrogen (secondary N) is 2. The number of pyridine rings is 3. The van der Waals surface area contributed by atoms with E-state index < -0.39 is 0 Å². The number of amides is 1. The van der Waals surface area contributed by atoms with E-state index in [0.717, 1.165) is 40.4 Å². The van der Waals surface area contributed by atoms with Gasteiger partial charge in [0.05, 0.1) is 5.56 Å². The Bertz CT molecular complexity index is 1470. The Morgan fingerprint density at radius 2 is 1.85 bits per heavy atom. The molecule has 0 saturated heterocycles. The fraction of sp³-hybridized carbons (Fsp3) is 0.154. The van der Waals surface area contributed by atoms with Crippen LogP contribution >= 0.6 is 0 Å². The van der Waals surface area contributed by atoms with E-state index in [1.807, 2.05) is 36.4 Å². The van der Waals surface area contributed by atoms with Crippen LogP contribution in [0, 0.1) is 17.8 Å². The number of hydrogen-bond donors (Lipinski definition) is 2. The summed E-state index contributed by atoms with van der Waals surface area (Å²) < 4.78 is 1.58. The Hall–Kier alpha value is -4.44. The Morgan fingerprint density at radius 1 is 1.03 bits per heavy atom. The lowest BCUT2D eigenvalue weighted by Crippen LogP contribution is -2.15. The minimum atomic E-state index is -0.0864. The predicted octanol–water partition coefficient (Wildman–Crippen LogP) is 3.57. The molecule has 7 nitrogen and oxygen atoms in total. The molecule has 5 rings (SSSR count). The molecule has 4 aromatic rings. The molecule has 0 radical (unpaired) electrons. The number of hydrogen-bond acceptors (Lipinski definition) is 5. The highest BCUT2D eigenvalue weighted by Gasteiger charge is 2.29. The molecule has 1 amide bonds. The monoisotopic (exact) mass is 435 g/mol. The predicted molar refractivity (Wildman–Crippen MR) is 128 cm³/mol. The Labute approximate surface area is 190 Å². The maximum atomic E-state index is 12.2. The van der Waals surface area contributed by atoms with Crippen molar-refractivity contribution in [2.24, 2.45) is 5.92 Å². The third-order valence-electron chi connectivity index (χ3n) is 5.52. The quantitative estimate of drug-likeness (QED) is 0.479. The number of nitrogens with zero attached hydrogens (tertiary/aromatic N) is 3. The second kappa shape index (κ2) is 8.60. The highest BCUT2D eigenvalue weighted by Crippen LogP contribution is 2.31. The van der Waals surface area contributed by atoms with Crippen LogP contribution < -0.4 is 16.2 Å². The average molecular weight is 435 g/mol. The van der Waals surface area contributed by atoms with E-state index in [0.29, 0.717) is 11.6 Å². The number of rotatable bonds is 4. The maximum Gasteiger partial charge on any atom is 0.255 e. The van der Waals surface area contributed by atoms with E-state index in [4.69, 9.17) is 0 Å². The summed E-state index contributed by atoms with van der Waals surface area (Å²) in [6.45, 7) is 0. The summed E-state index contributed by atoms with van der Waals surface area (Å²) >= 11 is 0. The first kappa shape index (κ1) is 20.5. The van der Waals surface area contributed by atoms with Crippen molar-refractivity contribution in [2.45, 2.75) is 12.8 Å². The molecule has 0 bridgehead atoms. The van der Waals surface area contributed by atoms with Gasteiger partial charge in [0.2, 0.25) is 5.91 Å². The first-order valence-corrected chi connectivity index (χ1v) is 10.7. The van der Waals surface area contributed by atoms with Gasteiger partial charge in [0, 0.05) is 59.6 Å². The summed E-state index contributed by atoms with van der Waals surface area (Å²) in [5, 5.41) is 7.65. The molecule has 1 saturated carbocycles. The zero-order valence-electron chi connectivity index (χ0n) is 18.0. The summed E-state index contributed by atoms with van der Waals surface area (Å²) in [5.74, 6) is 7.67. The van der Waals surface area contributed by atoms with Gasteiger partial charge in [-0.05, 0) is 49.2 Å². The van der Waals surface area contributed by atoms with Crippen LogP contribution in [0.5, 0.6) is 0 Å². The molecule has 1 aliphatic carbocycles. The Morgan fingerprint density at radius 3 is 2.58 bits per heavy atom. The molecule has 162 valence electrons. The van der Waals surface area contributed by atoms with Crippen molar-refractivity contribution in [2.75, 3.05) is 17.7 Å². The molecular weight excluding hydrogens is 414 g/mol. The maximum absolute atomic E-state index is 12.2. The Balaban J connectivity index is 1.48. The molecular formula is C26H21N5O2. The summed E-state index contributed by atoms with van der Waals surface area (Å²) in [6.07, 6.45) is 7.01. The Kier molecular flexibility index (Phi) is 5.33. The fourth-order valence-electron chi connectivity index (χ4n) is 3.56. The van der Waals surface area contributed by atoms with Crippen LogP contribution in [0.2, 0.25) is 0 Å². The van der Waals surface area contributed by atoms with E-state index in [-0.39, 0.29) is 17.4 Å². The van der Waals surface area contributed by atoms with Crippen LogP contribution in [0.3, 0.4) is 0 Å². The van der Waals surface area contributed by atoms with Gasteiger partial charge in [-0.2, -0.15) is 0 Å². The minimum absolute atomic E-state index is 0.00925. The van der Waals surface area contributed by atoms with Crippen LogP contribution in [0.4, 0.5) is 11.6 Å². The average Bonchev–Trinajstić information content (AvgIpc) is 3.69. The van der Waals surface area contributed by atoms with Gasteiger partial charge in [0.15, 0.2) is 0 Å². The summed E-state index contributed by atoms with van der Waals surface area (Å²) in [4.78, 5) is 33.0. The van der Waals surface area contributed by atoms with E-state index in [1.165, 1.54) is 6.07 Å². The van der Waals surface area contributed by atoms with Crippen LogP contribution in [-0.2, 0) is 4.79 Å².